The van der Waals surface area contributed by atoms with Crippen LogP contribution < -0.4 is 9.80 Å². The molecule has 2 aromatic carbocycles. The normalized spacial score (nSPS) is 10.7. The zero-order valence-electron chi connectivity index (χ0n) is 15.9. The van der Waals surface area contributed by atoms with Gasteiger partial charge in [-0.3, -0.25) is 0 Å². The first-order valence-corrected chi connectivity index (χ1v) is 9.61. The quantitative estimate of drug-likeness (QED) is 0.578. The van der Waals surface area contributed by atoms with Gasteiger partial charge in [0, 0.05) is 42.8 Å². The highest BCUT2D eigenvalue weighted by atomic mass is 16.3. The Morgan fingerprint density at radius 2 is 1.36 bits per heavy atom. The van der Waals surface area contributed by atoms with Gasteiger partial charge in [0.2, 0.25) is 0 Å². The van der Waals surface area contributed by atoms with E-state index in [1.165, 1.54) is 31.4 Å². The van der Waals surface area contributed by atoms with Crippen molar-refractivity contribution in [1.82, 2.24) is 0 Å². The van der Waals surface area contributed by atoms with Gasteiger partial charge in [0.15, 0.2) is 0 Å². The standard InChI is InChI=1S/C22H32N2O/c1-4-7-16-23(17-8-5-2)19-12-14-20(15-13-19)24(6-3)21-10-9-11-22(25)18-21/h9-15,18,25H,4-8,16-17H2,1-3H3. The maximum atomic E-state index is 9.75. The van der Waals surface area contributed by atoms with E-state index >= 15 is 0 Å². The second-order valence-electron chi connectivity index (χ2n) is 6.47. The lowest BCUT2D eigenvalue weighted by Crippen LogP contribution is -2.25. The van der Waals surface area contributed by atoms with Gasteiger partial charge in [0.25, 0.3) is 0 Å². The van der Waals surface area contributed by atoms with Gasteiger partial charge in [-0.15, -0.1) is 0 Å². The van der Waals surface area contributed by atoms with E-state index in [4.69, 9.17) is 0 Å². The number of phenols is 1. The molecule has 0 bridgehead atoms. The molecule has 0 saturated heterocycles. The van der Waals surface area contributed by atoms with E-state index in [2.05, 4.69) is 54.8 Å². The average molecular weight is 341 g/mol. The molecule has 0 amide bonds. The molecule has 1 N–H and O–H groups in total. The Hall–Kier alpha value is -2.16. The molecule has 136 valence electrons. The predicted molar refractivity (Wildman–Crippen MR) is 109 cm³/mol. The minimum atomic E-state index is 0.304. The van der Waals surface area contributed by atoms with Crippen LogP contribution >= 0.6 is 0 Å². The Kier molecular flexibility index (Phi) is 7.65. The average Bonchev–Trinajstić information content (AvgIpc) is 2.63. The zero-order valence-corrected chi connectivity index (χ0v) is 15.9. The van der Waals surface area contributed by atoms with Gasteiger partial charge >= 0.3 is 0 Å². The number of anilines is 3. The van der Waals surface area contributed by atoms with Gasteiger partial charge in [-0.2, -0.15) is 0 Å². The fraction of sp³-hybridized carbons (Fsp3) is 0.455. The first kappa shape index (κ1) is 19.2. The predicted octanol–water partition coefficient (Wildman–Crippen LogP) is 5.96. The Morgan fingerprint density at radius 1 is 0.760 bits per heavy atom. The van der Waals surface area contributed by atoms with Crippen LogP contribution in [0, 0.1) is 0 Å². The number of hydrogen-bond acceptors (Lipinski definition) is 3. The number of hydrogen-bond donors (Lipinski definition) is 1. The van der Waals surface area contributed by atoms with Crippen LogP contribution in [0.2, 0.25) is 0 Å². The molecule has 2 rings (SSSR count). The number of aromatic hydroxyl groups is 1. The van der Waals surface area contributed by atoms with Crippen LogP contribution in [0.3, 0.4) is 0 Å². The van der Waals surface area contributed by atoms with Crippen LogP contribution in [0.15, 0.2) is 48.5 Å². The fourth-order valence-electron chi connectivity index (χ4n) is 3.09. The SMILES string of the molecule is CCCCN(CCCC)c1ccc(N(CC)c2cccc(O)c2)cc1. The minimum absolute atomic E-state index is 0.304. The molecular formula is C22H32N2O. The van der Waals surface area contributed by atoms with E-state index in [-0.39, 0.29) is 0 Å². The lowest BCUT2D eigenvalue weighted by Gasteiger charge is -2.27. The summed E-state index contributed by atoms with van der Waals surface area (Å²) in [7, 11) is 0. The highest BCUT2D eigenvalue weighted by Gasteiger charge is 2.10. The van der Waals surface area contributed by atoms with Crippen LogP contribution in [-0.2, 0) is 0 Å². The third-order valence-corrected chi connectivity index (χ3v) is 4.55. The molecule has 25 heavy (non-hydrogen) atoms. The zero-order chi connectivity index (χ0) is 18.1. The topological polar surface area (TPSA) is 26.7 Å². The van der Waals surface area contributed by atoms with Gasteiger partial charge in [-0.1, -0.05) is 32.8 Å². The minimum Gasteiger partial charge on any atom is -0.508 e. The number of benzene rings is 2. The smallest absolute Gasteiger partial charge is 0.117 e. The van der Waals surface area contributed by atoms with E-state index in [0.717, 1.165) is 31.0 Å². The molecule has 0 aliphatic carbocycles. The van der Waals surface area contributed by atoms with Crippen molar-refractivity contribution in [2.24, 2.45) is 0 Å². The van der Waals surface area contributed by atoms with Crippen LogP contribution in [0.4, 0.5) is 17.1 Å². The van der Waals surface area contributed by atoms with Crippen LogP contribution in [-0.4, -0.2) is 24.7 Å². The lowest BCUT2D eigenvalue weighted by atomic mass is 10.2. The molecule has 3 nitrogen and oxygen atoms in total. The molecule has 2 aromatic rings. The third-order valence-electron chi connectivity index (χ3n) is 4.55. The molecule has 0 aliphatic rings. The van der Waals surface area contributed by atoms with Crippen molar-refractivity contribution in [2.45, 2.75) is 46.5 Å². The summed E-state index contributed by atoms with van der Waals surface area (Å²) in [6.45, 7) is 9.73. The third kappa shape index (κ3) is 5.42. The highest BCUT2D eigenvalue weighted by Crippen LogP contribution is 2.29. The molecule has 0 aromatic heterocycles. The maximum absolute atomic E-state index is 9.75. The van der Waals surface area contributed by atoms with Crippen LogP contribution in [0.1, 0.15) is 46.5 Å². The van der Waals surface area contributed by atoms with Crippen molar-refractivity contribution in [3.63, 3.8) is 0 Å². The molecule has 0 aliphatic heterocycles. The summed E-state index contributed by atoms with van der Waals surface area (Å²) in [6.07, 6.45) is 4.91. The van der Waals surface area contributed by atoms with Gasteiger partial charge < -0.3 is 14.9 Å². The lowest BCUT2D eigenvalue weighted by molar-refractivity contribution is 0.475. The number of nitrogens with zero attached hydrogens (tertiary/aromatic N) is 2. The Balaban J connectivity index is 2.18. The Morgan fingerprint density at radius 3 is 1.88 bits per heavy atom. The largest absolute Gasteiger partial charge is 0.508 e. The second-order valence-corrected chi connectivity index (χ2v) is 6.47. The van der Waals surface area contributed by atoms with E-state index in [1.807, 2.05) is 18.2 Å². The van der Waals surface area contributed by atoms with Crippen molar-refractivity contribution in [3.8, 4) is 5.75 Å². The maximum Gasteiger partial charge on any atom is 0.117 e. The molecule has 0 atom stereocenters. The molecule has 0 spiro atoms. The fourth-order valence-corrected chi connectivity index (χ4v) is 3.09. The molecule has 0 heterocycles. The summed E-state index contributed by atoms with van der Waals surface area (Å²) < 4.78 is 0. The van der Waals surface area contributed by atoms with Crippen molar-refractivity contribution in [3.05, 3.63) is 48.5 Å². The molecule has 3 heteroatoms. The van der Waals surface area contributed by atoms with Crippen molar-refractivity contribution in [1.29, 1.82) is 0 Å². The van der Waals surface area contributed by atoms with Crippen molar-refractivity contribution in [2.75, 3.05) is 29.4 Å². The summed E-state index contributed by atoms with van der Waals surface area (Å²) in [5.74, 6) is 0.304. The van der Waals surface area contributed by atoms with Gasteiger partial charge in [-0.25, -0.2) is 0 Å². The highest BCUT2D eigenvalue weighted by molar-refractivity contribution is 5.66. The number of unbranched alkanes of at least 4 members (excludes halogenated alkanes) is 2. The molecule has 0 unspecified atom stereocenters. The summed E-state index contributed by atoms with van der Waals surface area (Å²) >= 11 is 0. The van der Waals surface area contributed by atoms with Gasteiger partial charge in [0.1, 0.15) is 5.75 Å². The summed E-state index contributed by atoms with van der Waals surface area (Å²) in [5, 5.41) is 9.75. The molecular weight excluding hydrogens is 308 g/mol. The van der Waals surface area contributed by atoms with E-state index in [9.17, 15) is 5.11 Å². The first-order valence-electron chi connectivity index (χ1n) is 9.61. The summed E-state index contributed by atoms with van der Waals surface area (Å²) in [4.78, 5) is 4.72. The van der Waals surface area contributed by atoms with Crippen LogP contribution in [0.25, 0.3) is 0 Å². The van der Waals surface area contributed by atoms with E-state index < -0.39 is 0 Å². The molecule has 0 saturated carbocycles. The summed E-state index contributed by atoms with van der Waals surface area (Å²) in [5.41, 5.74) is 3.48. The monoisotopic (exact) mass is 340 g/mol. The number of phenolic OH excluding ortho intramolecular Hbond substituents is 1. The van der Waals surface area contributed by atoms with Gasteiger partial charge in [0.05, 0.1) is 0 Å². The summed E-state index contributed by atoms with van der Waals surface area (Å²) in [6, 6.07) is 16.3. The van der Waals surface area contributed by atoms with E-state index in [1.54, 1.807) is 6.07 Å². The Bertz CT molecular complexity index is 616. The van der Waals surface area contributed by atoms with Crippen molar-refractivity contribution >= 4 is 17.1 Å². The van der Waals surface area contributed by atoms with Gasteiger partial charge in [-0.05, 0) is 56.2 Å². The number of rotatable bonds is 10. The van der Waals surface area contributed by atoms with E-state index in [0.29, 0.717) is 5.75 Å². The van der Waals surface area contributed by atoms with Crippen molar-refractivity contribution < 1.29 is 5.11 Å². The second kappa shape index (κ2) is 9.97. The van der Waals surface area contributed by atoms with Crippen LogP contribution in [0.5, 0.6) is 5.75 Å². The molecule has 0 radical (unpaired) electrons. The first-order chi connectivity index (χ1) is 12.2. The molecule has 0 fully saturated rings. The Labute approximate surface area is 152 Å².